The third-order valence-corrected chi connectivity index (χ3v) is 4.79. The minimum Gasteiger partial charge on any atom is -0.490 e. The van der Waals surface area contributed by atoms with Crippen LogP contribution in [-0.4, -0.2) is 44.0 Å². The number of rotatable bonds is 12. The highest BCUT2D eigenvalue weighted by molar-refractivity contribution is 5.79. The molecule has 0 heterocycles. The van der Waals surface area contributed by atoms with Crippen LogP contribution in [0, 0.1) is 5.41 Å². The number of aliphatic imine (C=N–C) groups is 1. The van der Waals surface area contributed by atoms with Gasteiger partial charge in [0, 0.05) is 24.1 Å². The summed E-state index contributed by atoms with van der Waals surface area (Å²) in [6, 6.07) is 5.00. The number of ether oxygens (including phenoxy) is 2. The molecule has 1 aromatic rings. The first-order valence-electron chi connectivity index (χ1n) is 9.77. The summed E-state index contributed by atoms with van der Waals surface area (Å²) in [6.45, 7) is 6.62. The Morgan fingerprint density at radius 3 is 2.43 bits per heavy atom. The number of aliphatic hydroxyl groups is 1. The lowest BCUT2D eigenvalue weighted by Crippen LogP contribution is -2.44. The van der Waals surface area contributed by atoms with E-state index in [0.29, 0.717) is 31.2 Å². The zero-order chi connectivity index (χ0) is 21.0. The van der Waals surface area contributed by atoms with E-state index in [2.05, 4.69) is 20.4 Å². The molecule has 1 rings (SSSR count). The van der Waals surface area contributed by atoms with Crippen molar-refractivity contribution in [2.45, 2.75) is 53.7 Å². The third kappa shape index (κ3) is 7.14. The Labute approximate surface area is 166 Å². The first-order chi connectivity index (χ1) is 13.4. The van der Waals surface area contributed by atoms with Gasteiger partial charge in [-0.3, -0.25) is 0 Å². The van der Waals surface area contributed by atoms with Crippen LogP contribution in [0.1, 0.15) is 46.1 Å². The Hall–Kier alpha value is -2.09. The van der Waals surface area contributed by atoms with Crippen molar-refractivity contribution in [3.8, 4) is 11.5 Å². The van der Waals surface area contributed by atoms with Crippen molar-refractivity contribution >= 4 is 5.96 Å². The molecule has 28 heavy (non-hydrogen) atoms. The van der Waals surface area contributed by atoms with Gasteiger partial charge in [-0.1, -0.05) is 26.0 Å². The molecule has 0 aliphatic rings. The predicted octanol–water partition coefficient (Wildman–Crippen LogP) is 3.54. The molecule has 0 aliphatic heterocycles. The number of hydrogen-bond donors (Lipinski definition) is 3. The molecule has 0 radical (unpaired) electrons. The van der Waals surface area contributed by atoms with Gasteiger partial charge in [0.15, 0.2) is 17.5 Å². The summed E-state index contributed by atoms with van der Waals surface area (Å²) in [5.74, 6) is 0.822. The summed E-state index contributed by atoms with van der Waals surface area (Å²) in [7, 11) is 0. The van der Waals surface area contributed by atoms with Crippen LogP contribution >= 0.6 is 0 Å². The number of guanidine groups is 1. The second kappa shape index (κ2) is 12.4. The standard InChI is InChI=1S/C20H33F2N3O3/c1-5-20(6-2,14-26)13-25-19(23-7-3)24-12-15-10-9-11-16(27-8-4)17(15)28-18(21)22/h9-11,18,26H,5-8,12-14H2,1-4H3,(H2,23,24,25). The fourth-order valence-electron chi connectivity index (χ4n) is 2.73. The molecule has 0 saturated carbocycles. The summed E-state index contributed by atoms with van der Waals surface area (Å²) in [6.07, 6.45) is 1.66. The SMILES string of the molecule is CCNC(=NCc1cccc(OCC)c1OC(F)F)NCC(CC)(CC)CO. The summed E-state index contributed by atoms with van der Waals surface area (Å²) in [4.78, 5) is 4.49. The zero-order valence-electron chi connectivity index (χ0n) is 17.2. The van der Waals surface area contributed by atoms with Crippen LogP contribution in [0.4, 0.5) is 8.78 Å². The summed E-state index contributed by atoms with van der Waals surface area (Å²) < 4.78 is 35.8. The first kappa shape index (κ1) is 23.9. The van der Waals surface area contributed by atoms with Crippen molar-refractivity contribution in [3.63, 3.8) is 0 Å². The van der Waals surface area contributed by atoms with E-state index < -0.39 is 6.61 Å². The van der Waals surface area contributed by atoms with E-state index >= 15 is 0 Å². The van der Waals surface area contributed by atoms with Gasteiger partial charge in [0.25, 0.3) is 0 Å². The highest BCUT2D eigenvalue weighted by atomic mass is 19.3. The van der Waals surface area contributed by atoms with E-state index in [0.717, 1.165) is 12.8 Å². The number of nitrogens with zero attached hydrogens (tertiary/aromatic N) is 1. The maximum Gasteiger partial charge on any atom is 0.387 e. The molecular formula is C20H33F2N3O3. The van der Waals surface area contributed by atoms with Gasteiger partial charge in [-0.15, -0.1) is 0 Å². The number of nitrogens with one attached hydrogen (secondary N) is 2. The summed E-state index contributed by atoms with van der Waals surface area (Å²) >= 11 is 0. The van der Waals surface area contributed by atoms with Crippen LogP contribution in [-0.2, 0) is 6.54 Å². The minimum atomic E-state index is -2.95. The van der Waals surface area contributed by atoms with E-state index in [9.17, 15) is 13.9 Å². The molecule has 0 aromatic heterocycles. The van der Waals surface area contributed by atoms with Crippen molar-refractivity contribution < 1.29 is 23.4 Å². The number of alkyl halides is 2. The first-order valence-corrected chi connectivity index (χ1v) is 9.77. The minimum absolute atomic E-state index is 0.00534. The van der Waals surface area contributed by atoms with Gasteiger partial charge >= 0.3 is 6.61 Å². The smallest absolute Gasteiger partial charge is 0.387 e. The molecule has 0 saturated heterocycles. The number of benzene rings is 1. The zero-order valence-corrected chi connectivity index (χ0v) is 17.2. The van der Waals surface area contributed by atoms with Gasteiger partial charge in [0.2, 0.25) is 0 Å². The molecule has 3 N–H and O–H groups in total. The monoisotopic (exact) mass is 401 g/mol. The maximum absolute atomic E-state index is 12.8. The Morgan fingerprint density at radius 1 is 1.18 bits per heavy atom. The lowest BCUT2D eigenvalue weighted by Gasteiger charge is -2.30. The Kier molecular flexibility index (Phi) is 10.6. The molecule has 0 unspecified atom stereocenters. The van der Waals surface area contributed by atoms with Crippen LogP contribution in [0.3, 0.4) is 0 Å². The number of hydrogen-bond acceptors (Lipinski definition) is 4. The normalized spacial score (nSPS) is 12.2. The molecule has 0 spiro atoms. The lowest BCUT2D eigenvalue weighted by molar-refractivity contribution is -0.0520. The van der Waals surface area contributed by atoms with Crippen molar-refractivity contribution in [1.82, 2.24) is 10.6 Å². The predicted molar refractivity (Wildman–Crippen MR) is 107 cm³/mol. The van der Waals surface area contributed by atoms with E-state index in [1.165, 1.54) is 0 Å². The molecule has 6 nitrogen and oxygen atoms in total. The van der Waals surface area contributed by atoms with Gasteiger partial charge in [0.05, 0.1) is 19.8 Å². The molecule has 0 atom stereocenters. The fraction of sp³-hybridized carbons (Fsp3) is 0.650. The molecular weight excluding hydrogens is 368 g/mol. The lowest BCUT2D eigenvalue weighted by atomic mass is 9.83. The Balaban J connectivity index is 3.01. The summed E-state index contributed by atoms with van der Waals surface area (Å²) in [5.41, 5.74) is 0.275. The highest BCUT2D eigenvalue weighted by Gasteiger charge is 2.25. The van der Waals surface area contributed by atoms with Gasteiger partial charge < -0.3 is 25.2 Å². The van der Waals surface area contributed by atoms with Gasteiger partial charge in [-0.2, -0.15) is 8.78 Å². The Bertz CT molecular complexity index is 600. The fourth-order valence-corrected chi connectivity index (χ4v) is 2.73. The van der Waals surface area contributed by atoms with Crippen LogP contribution in [0.2, 0.25) is 0 Å². The maximum atomic E-state index is 12.8. The van der Waals surface area contributed by atoms with Crippen molar-refractivity contribution in [2.24, 2.45) is 10.4 Å². The highest BCUT2D eigenvalue weighted by Crippen LogP contribution is 2.33. The molecule has 0 fully saturated rings. The van der Waals surface area contributed by atoms with Crippen LogP contribution < -0.4 is 20.1 Å². The van der Waals surface area contributed by atoms with E-state index in [1.807, 2.05) is 20.8 Å². The van der Waals surface area contributed by atoms with E-state index in [4.69, 9.17) is 4.74 Å². The van der Waals surface area contributed by atoms with Gasteiger partial charge in [-0.25, -0.2) is 4.99 Å². The van der Waals surface area contributed by atoms with E-state index in [-0.39, 0.29) is 30.1 Å². The van der Waals surface area contributed by atoms with Crippen molar-refractivity contribution in [1.29, 1.82) is 0 Å². The van der Waals surface area contributed by atoms with E-state index in [1.54, 1.807) is 25.1 Å². The number of para-hydroxylation sites is 1. The second-order valence-corrected chi connectivity index (χ2v) is 6.47. The average molecular weight is 401 g/mol. The van der Waals surface area contributed by atoms with Crippen LogP contribution in [0.15, 0.2) is 23.2 Å². The Morgan fingerprint density at radius 2 is 1.89 bits per heavy atom. The molecule has 1 aromatic carbocycles. The molecule has 0 bridgehead atoms. The number of halogens is 2. The van der Waals surface area contributed by atoms with Crippen molar-refractivity contribution in [2.75, 3.05) is 26.3 Å². The number of aliphatic hydroxyl groups excluding tert-OH is 1. The molecule has 8 heteroatoms. The molecule has 160 valence electrons. The van der Waals surface area contributed by atoms with Gasteiger partial charge in [-0.05, 0) is 32.8 Å². The quantitative estimate of drug-likeness (QED) is 0.369. The largest absolute Gasteiger partial charge is 0.490 e. The molecule has 0 aliphatic carbocycles. The second-order valence-electron chi connectivity index (χ2n) is 6.47. The molecule has 0 amide bonds. The summed E-state index contributed by atoms with van der Waals surface area (Å²) in [5, 5.41) is 16.1. The topological polar surface area (TPSA) is 75.1 Å². The average Bonchev–Trinajstić information content (AvgIpc) is 2.69. The third-order valence-electron chi connectivity index (χ3n) is 4.79. The van der Waals surface area contributed by atoms with Crippen LogP contribution in [0.25, 0.3) is 0 Å². The van der Waals surface area contributed by atoms with Gasteiger partial charge in [0.1, 0.15) is 0 Å². The van der Waals surface area contributed by atoms with Crippen molar-refractivity contribution in [3.05, 3.63) is 23.8 Å². The van der Waals surface area contributed by atoms with Crippen LogP contribution in [0.5, 0.6) is 11.5 Å².